The maximum absolute atomic E-state index is 14.0. The Balaban J connectivity index is 1.77. The Hall–Kier alpha value is -2.83. The van der Waals surface area contributed by atoms with Gasteiger partial charge in [-0.2, -0.15) is 0 Å². The lowest BCUT2D eigenvalue weighted by Crippen LogP contribution is -2.08. The van der Waals surface area contributed by atoms with E-state index in [2.05, 4.69) is 15.3 Å². The predicted octanol–water partition coefficient (Wildman–Crippen LogP) is 3.71. The van der Waals surface area contributed by atoms with Crippen molar-refractivity contribution in [3.05, 3.63) is 59.7 Å². The second-order valence-corrected chi connectivity index (χ2v) is 5.12. The minimum absolute atomic E-state index is 0.00147. The van der Waals surface area contributed by atoms with Gasteiger partial charge in [-0.25, -0.2) is 23.1 Å². The average molecular weight is 333 g/mol. The van der Waals surface area contributed by atoms with E-state index in [4.69, 9.17) is 4.74 Å². The molecule has 0 saturated heterocycles. The SMILES string of the molecule is COc1ccc(CCNc2ncnc3c(F)ccc(F)c23)cc1F. The van der Waals surface area contributed by atoms with E-state index in [9.17, 15) is 13.2 Å². The first-order valence-electron chi connectivity index (χ1n) is 7.25. The van der Waals surface area contributed by atoms with Gasteiger partial charge in [-0.1, -0.05) is 6.07 Å². The summed E-state index contributed by atoms with van der Waals surface area (Å²) in [5, 5.41) is 2.94. The van der Waals surface area contributed by atoms with Crippen LogP contribution in [0.3, 0.4) is 0 Å². The van der Waals surface area contributed by atoms with Crippen LogP contribution >= 0.6 is 0 Å². The number of anilines is 1. The van der Waals surface area contributed by atoms with Crippen molar-refractivity contribution in [3.8, 4) is 5.75 Å². The smallest absolute Gasteiger partial charge is 0.165 e. The number of nitrogens with zero attached hydrogens (tertiary/aromatic N) is 2. The first kappa shape index (κ1) is 16.0. The van der Waals surface area contributed by atoms with Crippen LogP contribution in [-0.2, 0) is 6.42 Å². The second-order valence-electron chi connectivity index (χ2n) is 5.12. The Bertz CT molecular complexity index is 886. The molecule has 0 unspecified atom stereocenters. The Morgan fingerprint density at radius 1 is 1.00 bits per heavy atom. The third kappa shape index (κ3) is 3.10. The highest BCUT2D eigenvalue weighted by Crippen LogP contribution is 2.25. The highest BCUT2D eigenvalue weighted by molar-refractivity contribution is 5.89. The number of nitrogens with one attached hydrogen (secondary N) is 1. The molecule has 0 radical (unpaired) electrons. The van der Waals surface area contributed by atoms with Crippen LogP contribution in [0.25, 0.3) is 10.9 Å². The number of fused-ring (bicyclic) bond motifs is 1. The highest BCUT2D eigenvalue weighted by atomic mass is 19.1. The van der Waals surface area contributed by atoms with Gasteiger partial charge in [0.05, 0.1) is 12.5 Å². The normalized spacial score (nSPS) is 10.8. The molecule has 0 bridgehead atoms. The molecule has 0 aliphatic rings. The van der Waals surface area contributed by atoms with E-state index in [1.807, 2.05) is 0 Å². The lowest BCUT2D eigenvalue weighted by atomic mass is 10.1. The molecule has 0 spiro atoms. The van der Waals surface area contributed by atoms with Crippen LogP contribution in [0.4, 0.5) is 19.0 Å². The summed E-state index contributed by atoms with van der Waals surface area (Å²) in [5.74, 6) is -1.30. The number of rotatable bonds is 5. The Kier molecular flexibility index (Phi) is 4.50. The molecule has 0 aliphatic carbocycles. The van der Waals surface area contributed by atoms with Gasteiger partial charge in [0, 0.05) is 6.54 Å². The summed E-state index contributed by atoms with van der Waals surface area (Å²) in [7, 11) is 1.40. The van der Waals surface area contributed by atoms with E-state index in [0.29, 0.717) is 13.0 Å². The Morgan fingerprint density at radius 2 is 1.79 bits per heavy atom. The molecule has 0 fully saturated rings. The average Bonchev–Trinajstić information content (AvgIpc) is 2.58. The molecular formula is C17H14F3N3O. The summed E-state index contributed by atoms with van der Waals surface area (Å²) in [5.41, 5.74) is 0.661. The molecule has 24 heavy (non-hydrogen) atoms. The molecule has 0 amide bonds. The van der Waals surface area contributed by atoms with Crippen LogP contribution in [-0.4, -0.2) is 23.6 Å². The molecule has 3 aromatic rings. The van der Waals surface area contributed by atoms with E-state index in [1.54, 1.807) is 12.1 Å². The van der Waals surface area contributed by atoms with Crippen LogP contribution in [0.15, 0.2) is 36.7 Å². The number of hydrogen-bond acceptors (Lipinski definition) is 4. The fourth-order valence-corrected chi connectivity index (χ4v) is 2.43. The third-order valence-corrected chi connectivity index (χ3v) is 3.61. The Morgan fingerprint density at radius 3 is 2.54 bits per heavy atom. The third-order valence-electron chi connectivity index (χ3n) is 3.61. The molecule has 2 aromatic carbocycles. The number of aromatic nitrogens is 2. The van der Waals surface area contributed by atoms with Gasteiger partial charge in [0.2, 0.25) is 0 Å². The first-order chi connectivity index (χ1) is 11.6. The standard InChI is InChI=1S/C17H14F3N3O/c1-24-14-5-2-10(8-13(14)20)6-7-21-17-15-11(18)3-4-12(19)16(15)22-9-23-17/h2-5,8-9H,6-7H2,1H3,(H,21,22,23). The van der Waals surface area contributed by atoms with E-state index >= 15 is 0 Å². The van der Waals surface area contributed by atoms with Crippen molar-refractivity contribution in [2.45, 2.75) is 6.42 Å². The van der Waals surface area contributed by atoms with Gasteiger partial charge >= 0.3 is 0 Å². The van der Waals surface area contributed by atoms with E-state index in [0.717, 1.165) is 17.7 Å². The summed E-state index contributed by atoms with van der Waals surface area (Å²) in [6.45, 7) is 0.369. The van der Waals surface area contributed by atoms with Gasteiger partial charge in [-0.15, -0.1) is 0 Å². The van der Waals surface area contributed by atoms with Gasteiger partial charge in [0.1, 0.15) is 29.3 Å². The van der Waals surface area contributed by atoms with Crippen LogP contribution < -0.4 is 10.1 Å². The molecule has 1 aromatic heterocycles. The molecular weight excluding hydrogens is 319 g/mol. The monoisotopic (exact) mass is 333 g/mol. The number of ether oxygens (including phenoxy) is 1. The minimum atomic E-state index is -0.617. The quantitative estimate of drug-likeness (QED) is 0.773. The molecule has 0 saturated carbocycles. The summed E-state index contributed by atoms with van der Waals surface area (Å²) in [6.07, 6.45) is 1.64. The maximum atomic E-state index is 14.0. The molecule has 0 atom stereocenters. The van der Waals surface area contributed by atoms with Crippen molar-refractivity contribution >= 4 is 16.7 Å². The Labute approximate surface area is 136 Å². The summed E-state index contributed by atoms with van der Waals surface area (Å²) < 4.78 is 46.2. The van der Waals surface area contributed by atoms with Gasteiger partial charge in [0.25, 0.3) is 0 Å². The molecule has 4 nitrogen and oxygen atoms in total. The lowest BCUT2D eigenvalue weighted by molar-refractivity contribution is 0.386. The van der Waals surface area contributed by atoms with Gasteiger partial charge in [0.15, 0.2) is 11.6 Å². The van der Waals surface area contributed by atoms with Crippen LogP contribution in [0, 0.1) is 17.5 Å². The number of methoxy groups -OCH3 is 1. The molecule has 0 aliphatic heterocycles. The highest BCUT2D eigenvalue weighted by Gasteiger charge is 2.12. The van der Waals surface area contributed by atoms with Crippen LogP contribution in [0.5, 0.6) is 5.75 Å². The van der Waals surface area contributed by atoms with Crippen molar-refractivity contribution < 1.29 is 17.9 Å². The van der Waals surface area contributed by atoms with E-state index in [-0.39, 0.29) is 22.5 Å². The summed E-state index contributed by atoms with van der Waals surface area (Å²) >= 11 is 0. The fourth-order valence-electron chi connectivity index (χ4n) is 2.43. The van der Waals surface area contributed by atoms with Gasteiger partial charge in [-0.3, -0.25) is 0 Å². The van der Waals surface area contributed by atoms with Crippen LogP contribution in [0.1, 0.15) is 5.56 Å². The predicted molar refractivity (Wildman–Crippen MR) is 84.6 cm³/mol. The van der Waals surface area contributed by atoms with Gasteiger partial charge < -0.3 is 10.1 Å². The fraction of sp³-hybridized carbons (Fsp3) is 0.176. The van der Waals surface area contributed by atoms with Crippen molar-refractivity contribution in [2.75, 3.05) is 19.0 Å². The summed E-state index contributed by atoms with van der Waals surface area (Å²) in [6, 6.07) is 6.71. The zero-order valence-corrected chi connectivity index (χ0v) is 12.8. The maximum Gasteiger partial charge on any atom is 0.165 e. The van der Waals surface area contributed by atoms with Crippen molar-refractivity contribution in [3.63, 3.8) is 0 Å². The molecule has 124 valence electrons. The molecule has 7 heteroatoms. The topological polar surface area (TPSA) is 47.0 Å². The molecule has 1 heterocycles. The summed E-state index contributed by atoms with van der Waals surface area (Å²) in [4.78, 5) is 7.73. The first-order valence-corrected chi connectivity index (χ1v) is 7.25. The second kappa shape index (κ2) is 6.74. The van der Waals surface area contributed by atoms with Crippen molar-refractivity contribution in [1.82, 2.24) is 9.97 Å². The zero-order valence-electron chi connectivity index (χ0n) is 12.8. The molecule has 1 N–H and O–H groups in total. The molecule has 3 rings (SSSR count). The number of hydrogen-bond donors (Lipinski definition) is 1. The van der Waals surface area contributed by atoms with Crippen molar-refractivity contribution in [2.24, 2.45) is 0 Å². The van der Waals surface area contributed by atoms with E-state index < -0.39 is 17.5 Å². The largest absolute Gasteiger partial charge is 0.494 e. The van der Waals surface area contributed by atoms with Crippen molar-refractivity contribution in [1.29, 1.82) is 0 Å². The van der Waals surface area contributed by atoms with E-state index in [1.165, 1.54) is 19.5 Å². The lowest BCUT2D eigenvalue weighted by Gasteiger charge is -2.10. The van der Waals surface area contributed by atoms with Gasteiger partial charge in [-0.05, 0) is 36.2 Å². The number of halogens is 3. The van der Waals surface area contributed by atoms with Crippen LogP contribution in [0.2, 0.25) is 0 Å². The number of benzene rings is 2. The zero-order chi connectivity index (χ0) is 17.1. The minimum Gasteiger partial charge on any atom is -0.494 e.